The lowest BCUT2D eigenvalue weighted by Crippen LogP contribution is -2.59. The Morgan fingerprint density at radius 3 is 2.37 bits per heavy atom. The van der Waals surface area contributed by atoms with E-state index in [9.17, 15) is 14.7 Å². The predicted octanol–water partition coefficient (Wildman–Crippen LogP) is 10.6. The molecule has 0 saturated heterocycles. The quantitative estimate of drug-likeness (QED) is 0.118. The fourth-order valence-electron chi connectivity index (χ4n) is 10.4. The molecule has 298 valence electrons. The van der Waals surface area contributed by atoms with E-state index < -0.39 is 5.97 Å². The molecular formula is C46H54N6O4S. The summed E-state index contributed by atoms with van der Waals surface area (Å²) < 4.78 is 8.00. The number of pyridine rings is 2. The Hall–Kier alpha value is -5.00. The van der Waals surface area contributed by atoms with E-state index in [0.717, 1.165) is 48.7 Å². The Labute approximate surface area is 339 Å². The van der Waals surface area contributed by atoms with Crippen molar-refractivity contribution in [3.05, 3.63) is 89.9 Å². The fourth-order valence-corrected chi connectivity index (χ4v) is 11.3. The molecule has 2 bridgehead atoms. The summed E-state index contributed by atoms with van der Waals surface area (Å²) in [7, 11) is 0. The molecule has 3 heterocycles. The first kappa shape index (κ1) is 40.2. The number of nitrogens with one attached hydrogen (secondary N) is 1. The number of aromatic nitrogens is 3. The van der Waals surface area contributed by atoms with Crippen molar-refractivity contribution in [2.24, 2.45) is 27.0 Å². The van der Waals surface area contributed by atoms with Crippen LogP contribution in [0.5, 0.6) is 0 Å². The van der Waals surface area contributed by atoms with E-state index in [1.165, 1.54) is 17.5 Å². The number of anilines is 1. The van der Waals surface area contributed by atoms with Crippen LogP contribution in [0.4, 0.5) is 5.13 Å². The molecule has 2 fully saturated rings. The molecule has 4 unspecified atom stereocenters. The van der Waals surface area contributed by atoms with E-state index in [-0.39, 0.29) is 39.0 Å². The predicted molar refractivity (Wildman–Crippen MR) is 231 cm³/mol. The van der Waals surface area contributed by atoms with Gasteiger partial charge in [0.2, 0.25) is 0 Å². The number of carboxylic acids is 1. The van der Waals surface area contributed by atoms with Gasteiger partial charge in [0.25, 0.3) is 5.91 Å². The van der Waals surface area contributed by atoms with Crippen molar-refractivity contribution < 1.29 is 19.4 Å². The second-order valence-corrected chi connectivity index (χ2v) is 19.5. The van der Waals surface area contributed by atoms with Crippen molar-refractivity contribution in [2.75, 3.05) is 11.9 Å². The van der Waals surface area contributed by atoms with Crippen molar-refractivity contribution in [2.45, 2.75) is 105 Å². The van der Waals surface area contributed by atoms with Crippen LogP contribution in [0, 0.1) is 16.2 Å². The van der Waals surface area contributed by atoms with Gasteiger partial charge < -0.3 is 15.6 Å². The molecule has 10 nitrogen and oxygen atoms in total. The SMILES string of the molecule is CCC1(C)CC2(C)CC(C)(CN=C(C)C(=CN)c3ccc(-c4cnc5cccc(C(=O)Nc6nc7ccccc7s6)c5c4)nc3C(=O)O)CC(OC(C)(C)C)(C1)C2. The Morgan fingerprint density at radius 1 is 0.947 bits per heavy atom. The summed E-state index contributed by atoms with van der Waals surface area (Å²) in [5.74, 6) is -1.51. The number of hydrogen-bond donors (Lipinski definition) is 3. The smallest absolute Gasteiger partial charge is 0.355 e. The summed E-state index contributed by atoms with van der Waals surface area (Å²) in [5, 5.41) is 14.5. The molecule has 2 aromatic carbocycles. The minimum absolute atomic E-state index is 0.117. The number of nitrogens with zero attached hydrogens (tertiary/aromatic N) is 4. The summed E-state index contributed by atoms with van der Waals surface area (Å²) in [6, 6.07) is 18.3. The van der Waals surface area contributed by atoms with Gasteiger partial charge in [0.1, 0.15) is 0 Å². The van der Waals surface area contributed by atoms with Crippen molar-refractivity contribution in [1.82, 2.24) is 15.0 Å². The van der Waals surface area contributed by atoms with E-state index in [0.29, 0.717) is 56.2 Å². The van der Waals surface area contributed by atoms with E-state index >= 15 is 0 Å². The zero-order valence-electron chi connectivity index (χ0n) is 34.3. The molecule has 2 aliphatic rings. The van der Waals surface area contributed by atoms with Crippen LogP contribution in [-0.2, 0) is 4.74 Å². The highest BCUT2D eigenvalue weighted by Gasteiger charge is 2.59. The van der Waals surface area contributed by atoms with E-state index in [4.69, 9.17) is 15.5 Å². The molecule has 5 aromatic rings. The second-order valence-electron chi connectivity index (χ2n) is 18.5. The molecule has 2 saturated carbocycles. The number of carbonyl (C=O) groups excluding carboxylic acids is 1. The maximum atomic E-state index is 13.6. The van der Waals surface area contributed by atoms with Crippen molar-refractivity contribution in [1.29, 1.82) is 0 Å². The monoisotopic (exact) mass is 786 g/mol. The lowest BCUT2D eigenvalue weighted by atomic mass is 9.47. The lowest BCUT2D eigenvalue weighted by molar-refractivity contribution is -0.231. The molecule has 0 spiro atoms. The number of nitrogens with two attached hydrogens (primary N) is 1. The number of thiazole rings is 1. The molecule has 0 radical (unpaired) electrons. The molecule has 2 aliphatic carbocycles. The second kappa shape index (κ2) is 14.7. The third-order valence-electron chi connectivity index (χ3n) is 11.8. The first-order valence-corrected chi connectivity index (χ1v) is 20.6. The van der Waals surface area contributed by atoms with Gasteiger partial charge in [0.05, 0.1) is 32.6 Å². The van der Waals surface area contributed by atoms with Gasteiger partial charge in [0, 0.05) is 52.3 Å². The third kappa shape index (κ3) is 8.36. The van der Waals surface area contributed by atoms with Gasteiger partial charge in [-0.15, -0.1) is 0 Å². The van der Waals surface area contributed by atoms with Crippen molar-refractivity contribution in [3.8, 4) is 11.3 Å². The van der Waals surface area contributed by atoms with Crippen LogP contribution in [0.1, 0.15) is 120 Å². The Morgan fingerprint density at radius 2 is 1.67 bits per heavy atom. The van der Waals surface area contributed by atoms with Crippen LogP contribution < -0.4 is 11.1 Å². The number of fused-ring (bicyclic) bond motifs is 4. The van der Waals surface area contributed by atoms with Gasteiger partial charge >= 0.3 is 5.97 Å². The number of hydrogen-bond acceptors (Lipinski definition) is 9. The molecule has 1 amide bonds. The van der Waals surface area contributed by atoms with Gasteiger partial charge in [-0.1, -0.05) is 63.7 Å². The Bertz CT molecular complexity index is 2410. The van der Waals surface area contributed by atoms with Crippen LogP contribution in [0.2, 0.25) is 0 Å². The largest absolute Gasteiger partial charge is 0.476 e. The van der Waals surface area contributed by atoms with Crippen LogP contribution >= 0.6 is 11.3 Å². The van der Waals surface area contributed by atoms with E-state index in [1.807, 2.05) is 43.3 Å². The van der Waals surface area contributed by atoms with Crippen LogP contribution in [0.15, 0.2) is 78.1 Å². The molecule has 57 heavy (non-hydrogen) atoms. The highest BCUT2D eigenvalue weighted by Crippen LogP contribution is 2.64. The lowest BCUT2D eigenvalue weighted by Gasteiger charge is -2.62. The number of benzene rings is 2. The number of para-hydroxylation sites is 1. The molecule has 0 aliphatic heterocycles. The third-order valence-corrected chi connectivity index (χ3v) is 12.7. The summed E-state index contributed by atoms with van der Waals surface area (Å²) in [4.78, 5) is 45.3. The summed E-state index contributed by atoms with van der Waals surface area (Å²) in [6.45, 7) is 18.4. The number of allylic oxidation sites excluding steroid dienone is 1. The molecule has 11 heteroatoms. The first-order valence-electron chi connectivity index (χ1n) is 19.8. The molecule has 4 N–H and O–H groups in total. The average molecular weight is 787 g/mol. The maximum absolute atomic E-state index is 13.6. The van der Waals surface area contributed by atoms with Crippen LogP contribution in [0.25, 0.3) is 38.0 Å². The van der Waals surface area contributed by atoms with Gasteiger partial charge in [-0.3, -0.25) is 20.1 Å². The summed E-state index contributed by atoms with van der Waals surface area (Å²) in [5.41, 5.74) is 10.1. The number of aliphatic imine (C=N–C) groups is 1. The molecular weight excluding hydrogens is 733 g/mol. The minimum atomic E-state index is -1.19. The number of carbonyl (C=O) groups is 2. The molecule has 4 atom stereocenters. The zero-order chi connectivity index (χ0) is 41.0. The molecule has 7 rings (SSSR count). The maximum Gasteiger partial charge on any atom is 0.355 e. The topological polar surface area (TPSA) is 153 Å². The molecule has 3 aromatic heterocycles. The average Bonchev–Trinajstić information content (AvgIpc) is 3.54. The highest BCUT2D eigenvalue weighted by molar-refractivity contribution is 7.22. The van der Waals surface area contributed by atoms with Crippen molar-refractivity contribution in [3.63, 3.8) is 0 Å². The summed E-state index contributed by atoms with van der Waals surface area (Å²) in [6.07, 6.45) is 9.35. The number of carboxylic acid groups (broad SMARTS) is 1. The van der Waals surface area contributed by atoms with Gasteiger partial charge in [-0.2, -0.15) is 0 Å². The Balaban J connectivity index is 1.16. The Kier molecular flexibility index (Phi) is 10.4. The van der Waals surface area contributed by atoms with Crippen LogP contribution in [0.3, 0.4) is 0 Å². The van der Waals surface area contributed by atoms with Gasteiger partial charge in [0.15, 0.2) is 10.8 Å². The fraction of sp³-hybridized carbons (Fsp3) is 0.435. The van der Waals surface area contributed by atoms with Gasteiger partial charge in [-0.25, -0.2) is 14.8 Å². The van der Waals surface area contributed by atoms with E-state index in [2.05, 4.69) is 68.7 Å². The van der Waals surface area contributed by atoms with Crippen LogP contribution in [-0.4, -0.2) is 55.4 Å². The standard InChI is InChI=1S/C46H54N6O4S/c1-9-43(6)22-44(7)23-45(8,26-46(24-43,25-44)56-42(3,4)5)27-49-28(2)33(20-47)30-17-18-34(50-38(30)40(54)55)29-19-32-31(13-12-15-35(32)48-21-29)39(53)52-41-51-36-14-10-11-16-37(36)57-41/h10-21H,9,22-27,47H2,1-8H3,(H,54,55)(H,51,52,53). The zero-order valence-corrected chi connectivity index (χ0v) is 35.1. The first-order chi connectivity index (χ1) is 26.8. The van der Waals surface area contributed by atoms with Gasteiger partial charge in [-0.05, 0) is 119 Å². The number of amides is 1. The minimum Gasteiger partial charge on any atom is -0.476 e. The number of rotatable bonds is 10. The number of ether oxygens (including phenoxy) is 1. The summed E-state index contributed by atoms with van der Waals surface area (Å²) >= 11 is 1.40. The van der Waals surface area contributed by atoms with Crippen molar-refractivity contribution >= 4 is 60.7 Å². The normalized spacial score (nSPS) is 25.5. The number of aromatic carboxylic acids is 1. The highest BCUT2D eigenvalue weighted by atomic mass is 32.1. The van der Waals surface area contributed by atoms with E-state index in [1.54, 1.807) is 30.5 Å².